The van der Waals surface area contributed by atoms with E-state index >= 15 is 0 Å². The lowest BCUT2D eigenvalue weighted by atomic mass is 9.86. The van der Waals surface area contributed by atoms with Crippen molar-refractivity contribution in [3.8, 4) is 5.75 Å². The van der Waals surface area contributed by atoms with Crippen molar-refractivity contribution >= 4 is 23.6 Å². The van der Waals surface area contributed by atoms with Crippen LogP contribution in [0.2, 0.25) is 0 Å². The Morgan fingerprint density at radius 1 is 1.20 bits per heavy atom. The quantitative estimate of drug-likeness (QED) is 0.768. The minimum atomic E-state index is -0.426. The second-order valence-corrected chi connectivity index (χ2v) is 7.96. The van der Waals surface area contributed by atoms with E-state index in [1.54, 1.807) is 36.4 Å². The molecule has 1 saturated carbocycles. The highest BCUT2D eigenvalue weighted by Crippen LogP contribution is 2.35. The molecule has 0 aromatic heterocycles. The van der Waals surface area contributed by atoms with Crippen LogP contribution in [-0.2, 0) is 9.59 Å². The number of hydrogen-bond acceptors (Lipinski definition) is 3. The van der Waals surface area contributed by atoms with Crippen LogP contribution in [0.1, 0.15) is 38.2 Å². The third-order valence-electron chi connectivity index (χ3n) is 5.74. The van der Waals surface area contributed by atoms with Gasteiger partial charge < -0.3 is 10.1 Å². The fourth-order valence-electron chi connectivity index (χ4n) is 4.09. The number of para-hydroxylation sites is 2. The van der Waals surface area contributed by atoms with Crippen LogP contribution in [0.25, 0.3) is 6.08 Å². The van der Waals surface area contributed by atoms with Crippen LogP contribution in [-0.4, -0.2) is 24.4 Å². The maximum atomic E-state index is 13.5. The van der Waals surface area contributed by atoms with Gasteiger partial charge in [0, 0.05) is 6.04 Å². The molecule has 0 radical (unpaired) electrons. The maximum absolute atomic E-state index is 13.5. The van der Waals surface area contributed by atoms with Crippen molar-refractivity contribution in [1.29, 1.82) is 0 Å². The molecule has 30 heavy (non-hydrogen) atoms. The van der Waals surface area contributed by atoms with Crippen molar-refractivity contribution in [1.82, 2.24) is 5.32 Å². The largest absolute Gasteiger partial charge is 0.449 e. The smallest absolute Gasteiger partial charge is 0.294 e. The second kappa shape index (κ2) is 8.69. The number of rotatable bonds is 4. The number of carbonyl (C=O) groups is 2. The summed E-state index contributed by atoms with van der Waals surface area (Å²) in [5.74, 6) is -0.0462. The topological polar surface area (TPSA) is 58.6 Å². The molecule has 2 aliphatic rings. The Bertz CT molecular complexity index is 988. The number of nitrogens with one attached hydrogen (secondary N) is 1. The Morgan fingerprint density at radius 3 is 2.80 bits per heavy atom. The molecule has 0 spiro atoms. The van der Waals surface area contributed by atoms with Gasteiger partial charge >= 0.3 is 0 Å². The first kappa shape index (κ1) is 20.1. The van der Waals surface area contributed by atoms with E-state index in [9.17, 15) is 14.0 Å². The predicted molar refractivity (Wildman–Crippen MR) is 113 cm³/mol. The molecule has 156 valence electrons. The summed E-state index contributed by atoms with van der Waals surface area (Å²) >= 11 is 0. The van der Waals surface area contributed by atoms with Crippen LogP contribution in [0.4, 0.5) is 10.1 Å². The van der Waals surface area contributed by atoms with E-state index in [-0.39, 0.29) is 24.3 Å². The summed E-state index contributed by atoms with van der Waals surface area (Å²) in [6, 6.07) is 13.2. The van der Waals surface area contributed by atoms with E-state index < -0.39 is 11.7 Å². The third-order valence-corrected chi connectivity index (χ3v) is 5.74. The minimum absolute atomic E-state index is 0.0538. The fraction of sp³-hybridized carbons (Fsp3) is 0.333. The van der Waals surface area contributed by atoms with Crippen molar-refractivity contribution in [2.24, 2.45) is 5.92 Å². The first-order chi connectivity index (χ1) is 14.5. The number of benzene rings is 2. The van der Waals surface area contributed by atoms with Crippen LogP contribution < -0.4 is 15.0 Å². The summed E-state index contributed by atoms with van der Waals surface area (Å²) in [4.78, 5) is 27.3. The first-order valence-electron chi connectivity index (χ1n) is 10.4. The van der Waals surface area contributed by atoms with Gasteiger partial charge in [-0.25, -0.2) is 4.39 Å². The van der Waals surface area contributed by atoms with E-state index in [0.717, 1.165) is 19.3 Å². The molecule has 1 N–H and O–H groups in total. The Balaban J connectivity index is 1.57. The predicted octanol–water partition coefficient (Wildman–Crippen LogP) is 4.29. The number of hydrogen-bond donors (Lipinski definition) is 1. The van der Waals surface area contributed by atoms with Crippen LogP contribution in [0, 0.1) is 11.7 Å². The van der Waals surface area contributed by atoms with Gasteiger partial charge in [-0.15, -0.1) is 0 Å². The zero-order valence-corrected chi connectivity index (χ0v) is 16.9. The van der Waals surface area contributed by atoms with E-state index in [1.807, 2.05) is 0 Å². The molecule has 2 unspecified atom stereocenters. The Hall–Kier alpha value is -3.15. The lowest BCUT2D eigenvalue weighted by Crippen LogP contribution is -2.48. The number of fused-ring (bicyclic) bond motifs is 1. The maximum Gasteiger partial charge on any atom is 0.294 e. The van der Waals surface area contributed by atoms with E-state index in [4.69, 9.17) is 4.74 Å². The Morgan fingerprint density at radius 2 is 2.00 bits per heavy atom. The van der Waals surface area contributed by atoms with E-state index in [2.05, 4.69) is 12.2 Å². The number of carbonyl (C=O) groups excluding carboxylic acids is 2. The van der Waals surface area contributed by atoms with Gasteiger partial charge in [-0.2, -0.15) is 0 Å². The summed E-state index contributed by atoms with van der Waals surface area (Å²) in [5.41, 5.74) is 1.06. The molecule has 0 bridgehead atoms. The lowest BCUT2D eigenvalue weighted by Gasteiger charge is -2.32. The molecule has 0 saturated heterocycles. The summed E-state index contributed by atoms with van der Waals surface area (Å²) in [7, 11) is 0. The van der Waals surface area contributed by atoms with Gasteiger partial charge in [0.1, 0.15) is 12.4 Å². The van der Waals surface area contributed by atoms with Gasteiger partial charge in [-0.05, 0) is 54.7 Å². The summed E-state index contributed by atoms with van der Waals surface area (Å²) in [6.45, 7) is 2.06. The van der Waals surface area contributed by atoms with Gasteiger partial charge in [0.25, 0.3) is 5.91 Å². The van der Waals surface area contributed by atoms with Crippen LogP contribution in [0.15, 0.2) is 54.3 Å². The van der Waals surface area contributed by atoms with Crippen molar-refractivity contribution in [3.63, 3.8) is 0 Å². The molecule has 2 atom stereocenters. The molecule has 5 nitrogen and oxygen atoms in total. The van der Waals surface area contributed by atoms with E-state index in [0.29, 0.717) is 22.9 Å². The van der Waals surface area contributed by atoms with Gasteiger partial charge in [-0.1, -0.05) is 44.0 Å². The minimum Gasteiger partial charge on any atom is -0.449 e. The molecular weight excluding hydrogens is 383 g/mol. The number of halogens is 1. The van der Waals surface area contributed by atoms with Crippen molar-refractivity contribution in [2.45, 2.75) is 38.6 Å². The van der Waals surface area contributed by atoms with Gasteiger partial charge in [0.05, 0.1) is 5.69 Å². The average molecular weight is 408 g/mol. The third kappa shape index (κ3) is 4.37. The standard InChI is InChI=1S/C24H25FN2O3/c1-16-7-2-3-10-19(16)26-23(28)15-27-20-11-4-5-12-21(20)30-22(24(27)29)14-17-8-6-9-18(25)13-17/h4-6,8-9,11-14,16,19H,2-3,7,10,15H2,1H3,(H,26,28)/b22-14+. The summed E-state index contributed by atoms with van der Waals surface area (Å²) in [6.07, 6.45) is 5.86. The zero-order chi connectivity index (χ0) is 21.1. The number of anilines is 1. The zero-order valence-electron chi connectivity index (χ0n) is 16.9. The van der Waals surface area contributed by atoms with Crippen LogP contribution >= 0.6 is 0 Å². The van der Waals surface area contributed by atoms with E-state index in [1.165, 1.54) is 29.5 Å². The highest BCUT2D eigenvalue weighted by atomic mass is 19.1. The molecule has 1 heterocycles. The van der Waals surface area contributed by atoms with Gasteiger partial charge in [0.2, 0.25) is 5.91 Å². The Labute approximate surface area is 175 Å². The molecule has 2 amide bonds. The second-order valence-electron chi connectivity index (χ2n) is 7.96. The average Bonchev–Trinajstić information content (AvgIpc) is 2.73. The monoisotopic (exact) mass is 408 g/mol. The van der Waals surface area contributed by atoms with Crippen molar-refractivity contribution in [2.75, 3.05) is 11.4 Å². The molecule has 2 aromatic rings. The van der Waals surface area contributed by atoms with Gasteiger partial charge in [-0.3, -0.25) is 14.5 Å². The molecular formula is C24H25FN2O3. The molecule has 6 heteroatoms. The first-order valence-corrected chi connectivity index (χ1v) is 10.4. The Kier molecular flexibility index (Phi) is 5.84. The lowest BCUT2D eigenvalue weighted by molar-refractivity contribution is -0.124. The molecule has 1 fully saturated rings. The van der Waals surface area contributed by atoms with Gasteiger partial charge in [0.15, 0.2) is 11.5 Å². The SMILES string of the molecule is CC1CCCCC1NC(=O)CN1C(=O)/C(=C\c2cccc(F)c2)Oc2ccccc21. The molecule has 1 aliphatic heterocycles. The highest BCUT2D eigenvalue weighted by Gasteiger charge is 2.32. The highest BCUT2D eigenvalue weighted by molar-refractivity contribution is 6.12. The van der Waals surface area contributed by atoms with Crippen LogP contribution in [0.5, 0.6) is 5.75 Å². The molecule has 2 aromatic carbocycles. The number of amides is 2. The molecule has 4 rings (SSSR count). The summed E-state index contributed by atoms with van der Waals surface area (Å²) in [5, 5.41) is 3.10. The summed E-state index contributed by atoms with van der Waals surface area (Å²) < 4.78 is 19.3. The fourth-order valence-corrected chi connectivity index (χ4v) is 4.09. The number of nitrogens with zero attached hydrogens (tertiary/aromatic N) is 1. The van der Waals surface area contributed by atoms with Crippen molar-refractivity contribution in [3.05, 3.63) is 65.7 Å². The normalized spacial score (nSPS) is 22.4. The van der Waals surface area contributed by atoms with Crippen LogP contribution in [0.3, 0.4) is 0 Å². The number of ether oxygens (including phenoxy) is 1. The van der Waals surface area contributed by atoms with Crippen molar-refractivity contribution < 1.29 is 18.7 Å². The molecule has 1 aliphatic carbocycles.